The normalized spacial score (nSPS) is 10.8. The smallest absolute Gasteiger partial charge is 0.134 e. The Morgan fingerprint density at radius 2 is 2.25 bits per heavy atom. The van der Waals surface area contributed by atoms with Gasteiger partial charge in [0, 0.05) is 5.39 Å². The van der Waals surface area contributed by atoms with Crippen LogP contribution in [0.4, 0.5) is 0 Å². The van der Waals surface area contributed by atoms with E-state index >= 15 is 0 Å². The summed E-state index contributed by atoms with van der Waals surface area (Å²) in [5.41, 5.74) is 2.29. The van der Waals surface area contributed by atoms with Gasteiger partial charge in [-0.2, -0.15) is 0 Å². The maximum atomic E-state index is 5.29. The lowest BCUT2D eigenvalue weighted by atomic mass is 10.1. The summed E-state index contributed by atoms with van der Waals surface area (Å²) in [6.45, 7) is 2.06. The summed E-state index contributed by atoms with van der Waals surface area (Å²) in [7, 11) is 0. The molecule has 1 nitrogen and oxygen atoms in total. The molecule has 0 unspecified atom stereocenters. The second kappa shape index (κ2) is 3.02. The van der Waals surface area contributed by atoms with Gasteiger partial charge < -0.3 is 4.42 Å². The zero-order valence-electron chi connectivity index (χ0n) is 7.08. The molecular weight excluding hydrogens is 148 g/mol. The van der Waals surface area contributed by atoms with Crippen LogP contribution in [0.2, 0.25) is 0 Å². The molecule has 0 saturated heterocycles. The Morgan fingerprint density at radius 1 is 1.33 bits per heavy atom. The molecule has 0 aliphatic carbocycles. The molecule has 1 heterocycles. The first-order chi connectivity index (χ1) is 5.90. The van der Waals surface area contributed by atoms with Crippen molar-refractivity contribution in [3.63, 3.8) is 0 Å². The molecule has 12 heavy (non-hydrogen) atoms. The van der Waals surface area contributed by atoms with Gasteiger partial charge in [-0.15, -0.1) is 0 Å². The maximum absolute atomic E-state index is 5.29. The Labute approximate surface area is 72.0 Å². The van der Waals surface area contributed by atoms with Gasteiger partial charge >= 0.3 is 0 Å². The molecule has 0 saturated carbocycles. The third-order valence-electron chi connectivity index (χ3n) is 1.96. The second-order valence-electron chi connectivity index (χ2n) is 2.91. The summed E-state index contributed by atoms with van der Waals surface area (Å²) >= 11 is 0. The number of hydrogen-bond acceptors (Lipinski definition) is 1. The fourth-order valence-electron chi connectivity index (χ4n) is 1.36. The minimum absolute atomic E-state index is 0.981. The fraction of sp³-hybridized carbons (Fsp3) is 0.182. The predicted octanol–water partition coefficient (Wildman–Crippen LogP) is 3.20. The molecule has 61 valence electrons. The highest BCUT2D eigenvalue weighted by molar-refractivity contribution is 5.77. The first-order valence-electron chi connectivity index (χ1n) is 4.14. The molecule has 1 aromatic carbocycles. The van der Waals surface area contributed by atoms with Crippen LogP contribution in [0, 0.1) is 6.42 Å². The Hall–Kier alpha value is -1.24. The number of hydrogen-bond donors (Lipinski definition) is 0. The summed E-state index contributed by atoms with van der Waals surface area (Å²) in [5, 5.41) is 1.18. The molecule has 0 N–H and O–H groups in total. The lowest BCUT2D eigenvalue weighted by Gasteiger charge is -1.96. The number of rotatable bonds is 2. The molecule has 1 heteroatoms. The lowest BCUT2D eigenvalue weighted by molar-refractivity contribution is 0.615. The monoisotopic (exact) mass is 159 g/mol. The predicted molar refractivity (Wildman–Crippen MR) is 49.9 cm³/mol. The van der Waals surface area contributed by atoms with Crippen molar-refractivity contribution in [2.75, 3.05) is 0 Å². The van der Waals surface area contributed by atoms with Crippen molar-refractivity contribution in [2.45, 2.75) is 13.3 Å². The van der Waals surface area contributed by atoms with E-state index in [0.717, 1.165) is 12.0 Å². The van der Waals surface area contributed by atoms with Crippen LogP contribution in [0.15, 0.2) is 34.9 Å². The summed E-state index contributed by atoms with van der Waals surface area (Å²) in [4.78, 5) is 0. The average molecular weight is 159 g/mol. The van der Waals surface area contributed by atoms with Crippen LogP contribution in [0.5, 0.6) is 0 Å². The van der Waals surface area contributed by atoms with E-state index in [9.17, 15) is 0 Å². The number of furan rings is 1. The molecule has 1 radical (unpaired) electrons. The molecule has 0 atom stereocenters. The molecule has 0 aliphatic heterocycles. The van der Waals surface area contributed by atoms with Crippen LogP contribution in [-0.4, -0.2) is 0 Å². The highest BCUT2D eigenvalue weighted by Crippen LogP contribution is 2.17. The largest absolute Gasteiger partial charge is 0.464 e. The van der Waals surface area contributed by atoms with Gasteiger partial charge in [-0.05, 0) is 30.5 Å². The third kappa shape index (κ3) is 1.22. The van der Waals surface area contributed by atoms with E-state index in [2.05, 4.69) is 31.5 Å². The number of benzene rings is 1. The van der Waals surface area contributed by atoms with Gasteiger partial charge in [0.05, 0.1) is 6.26 Å². The topological polar surface area (TPSA) is 13.1 Å². The fourth-order valence-corrected chi connectivity index (χ4v) is 1.36. The first kappa shape index (κ1) is 7.41. The van der Waals surface area contributed by atoms with Crippen LogP contribution in [0.3, 0.4) is 0 Å². The maximum Gasteiger partial charge on any atom is 0.134 e. The molecule has 0 spiro atoms. The van der Waals surface area contributed by atoms with Crippen LogP contribution in [0.25, 0.3) is 11.0 Å². The SMILES string of the molecule is C[CH]Cc1ccc2ccoc2c1. The van der Waals surface area contributed by atoms with Crippen molar-refractivity contribution >= 4 is 11.0 Å². The summed E-state index contributed by atoms with van der Waals surface area (Å²) < 4.78 is 5.29. The van der Waals surface area contributed by atoms with E-state index in [4.69, 9.17) is 4.42 Å². The van der Waals surface area contributed by atoms with E-state index in [1.165, 1.54) is 10.9 Å². The molecular formula is C11H11O. The number of fused-ring (bicyclic) bond motifs is 1. The summed E-state index contributed by atoms with van der Waals surface area (Å²) in [5.74, 6) is 0. The second-order valence-corrected chi connectivity index (χ2v) is 2.91. The molecule has 1 aromatic heterocycles. The molecule has 2 aromatic rings. The van der Waals surface area contributed by atoms with Crippen molar-refractivity contribution < 1.29 is 4.42 Å². The highest BCUT2D eigenvalue weighted by Gasteiger charge is 1.97. The highest BCUT2D eigenvalue weighted by atomic mass is 16.3. The van der Waals surface area contributed by atoms with Gasteiger partial charge in [0.2, 0.25) is 0 Å². The minimum atomic E-state index is 0.981. The van der Waals surface area contributed by atoms with E-state index in [1.54, 1.807) is 6.26 Å². The van der Waals surface area contributed by atoms with Gasteiger partial charge in [0.15, 0.2) is 0 Å². The third-order valence-corrected chi connectivity index (χ3v) is 1.96. The van der Waals surface area contributed by atoms with E-state index in [1.807, 2.05) is 6.07 Å². The molecule has 0 amide bonds. The first-order valence-corrected chi connectivity index (χ1v) is 4.14. The molecule has 0 bridgehead atoms. The lowest BCUT2D eigenvalue weighted by Crippen LogP contribution is -1.81. The van der Waals surface area contributed by atoms with Crippen molar-refractivity contribution in [2.24, 2.45) is 0 Å². The van der Waals surface area contributed by atoms with Crippen LogP contribution >= 0.6 is 0 Å². The van der Waals surface area contributed by atoms with Gasteiger partial charge in [0.1, 0.15) is 5.58 Å². The van der Waals surface area contributed by atoms with Crippen molar-refractivity contribution in [3.8, 4) is 0 Å². The molecule has 0 aliphatic rings. The molecule has 0 fully saturated rings. The van der Waals surface area contributed by atoms with E-state index in [0.29, 0.717) is 0 Å². The Kier molecular flexibility index (Phi) is 1.86. The van der Waals surface area contributed by atoms with Crippen LogP contribution in [-0.2, 0) is 6.42 Å². The quantitative estimate of drug-likeness (QED) is 0.655. The van der Waals surface area contributed by atoms with E-state index < -0.39 is 0 Å². The zero-order valence-corrected chi connectivity index (χ0v) is 7.08. The summed E-state index contributed by atoms with van der Waals surface area (Å²) in [6, 6.07) is 8.31. The van der Waals surface area contributed by atoms with Crippen molar-refractivity contribution in [1.29, 1.82) is 0 Å². The van der Waals surface area contributed by atoms with Crippen LogP contribution in [0.1, 0.15) is 12.5 Å². The summed E-state index contributed by atoms with van der Waals surface area (Å²) in [6.07, 6.45) is 4.88. The Bertz CT molecular complexity index is 373. The van der Waals surface area contributed by atoms with Crippen LogP contribution < -0.4 is 0 Å². The van der Waals surface area contributed by atoms with E-state index in [-0.39, 0.29) is 0 Å². The Balaban J connectivity index is 2.46. The average Bonchev–Trinajstić information content (AvgIpc) is 2.51. The van der Waals surface area contributed by atoms with Gasteiger partial charge in [-0.3, -0.25) is 0 Å². The van der Waals surface area contributed by atoms with Crippen molar-refractivity contribution in [1.82, 2.24) is 0 Å². The Morgan fingerprint density at radius 3 is 3.08 bits per heavy atom. The standard InChI is InChI=1S/C11H11O/c1-2-3-9-4-5-10-6-7-12-11(10)8-9/h2,4-8H,3H2,1H3. The zero-order chi connectivity index (χ0) is 8.39. The van der Waals surface area contributed by atoms with Gasteiger partial charge in [0.25, 0.3) is 0 Å². The van der Waals surface area contributed by atoms with Crippen molar-refractivity contribution in [3.05, 3.63) is 42.5 Å². The molecule has 2 rings (SSSR count). The minimum Gasteiger partial charge on any atom is -0.464 e. The van der Waals surface area contributed by atoms with Gasteiger partial charge in [-0.1, -0.05) is 19.1 Å². The van der Waals surface area contributed by atoms with Gasteiger partial charge in [-0.25, -0.2) is 0 Å².